The van der Waals surface area contributed by atoms with Gasteiger partial charge in [-0.25, -0.2) is 4.79 Å². The molecule has 3 fully saturated rings. The van der Waals surface area contributed by atoms with Crippen LogP contribution in [-0.4, -0.2) is 43.5 Å². The van der Waals surface area contributed by atoms with Gasteiger partial charge in [-0.1, -0.05) is 26.3 Å². The van der Waals surface area contributed by atoms with E-state index in [0.29, 0.717) is 36.0 Å². The quantitative estimate of drug-likeness (QED) is 0.585. The average Bonchev–Trinajstić information content (AvgIpc) is 2.94. The molecule has 1 saturated carbocycles. The number of aryl methyl sites for hydroxylation is 1. The van der Waals surface area contributed by atoms with Crippen molar-refractivity contribution in [1.82, 2.24) is 0 Å². The molecule has 0 bridgehead atoms. The third kappa shape index (κ3) is 4.82. The summed E-state index contributed by atoms with van der Waals surface area (Å²) in [4.78, 5) is 11.3. The van der Waals surface area contributed by atoms with Crippen molar-refractivity contribution in [1.29, 1.82) is 0 Å². The minimum atomic E-state index is -0.979. The first-order valence-corrected chi connectivity index (χ1v) is 12.2. The highest BCUT2D eigenvalue weighted by Crippen LogP contribution is 2.52. The van der Waals surface area contributed by atoms with E-state index in [4.69, 9.17) is 18.9 Å². The van der Waals surface area contributed by atoms with Crippen molar-refractivity contribution in [3.8, 4) is 5.75 Å². The molecule has 1 aromatic carbocycles. The van der Waals surface area contributed by atoms with Crippen LogP contribution in [0.5, 0.6) is 5.75 Å². The molecule has 6 nitrogen and oxygen atoms in total. The third-order valence-electron chi connectivity index (χ3n) is 8.02. The van der Waals surface area contributed by atoms with Crippen LogP contribution in [-0.2, 0) is 20.6 Å². The van der Waals surface area contributed by atoms with Crippen LogP contribution in [0.4, 0.5) is 0 Å². The molecule has 1 aromatic rings. The number of carboxylic acids is 1. The molecule has 3 aliphatic rings. The Balaban J connectivity index is 1.35. The summed E-state index contributed by atoms with van der Waals surface area (Å²) in [5, 5.41) is 9.24. The number of methoxy groups -OCH3 is 1. The molecule has 2 heterocycles. The molecule has 2 saturated heterocycles. The van der Waals surface area contributed by atoms with E-state index in [0.717, 1.165) is 30.7 Å². The fraction of sp³-hybridized carbons (Fsp3) is 0.731. The zero-order valence-electron chi connectivity index (χ0n) is 19.8. The summed E-state index contributed by atoms with van der Waals surface area (Å²) in [6, 6.07) is 5.26. The Morgan fingerprint density at radius 1 is 1.09 bits per heavy atom. The van der Waals surface area contributed by atoms with Gasteiger partial charge in [0, 0.05) is 11.8 Å². The van der Waals surface area contributed by atoms with Crippen LogP contribution >= 0.6 is 0 Å². The molecule has 32 heavy (non-hydrogen) atoms. The SMILES string of the molecule is COc1cc(CCCO[C@@H]2O[C@@H]3OC(C)CC[C@@H]4C3[C@@H](CC[C@H]4C)[C@H]2C)ccc1C(=O)O. The van der Waals surface area contributed by atoms with E-state index < -0.39 is 5.97 Å². The van der Waals surface area contributed by atoms with E-state index in [-0.39, 0.29) is 24.2 Å². The van der Waals surface area contributed by atoms with Gasteiger partial charge in [0.15, 0.2) is 12.6 Å². The minimum absolute atomic E-state index is 0.153. The van der Waals surface area contributed by atoms with Crippen LogP contribution in [0.3, 0.4) is 0 Å². The Bertz CT molecular complexity index is 795. The Morgan fingerprint density at radius 3 is 2.62 bits per heavy atom. The van der Waals surface area contributed by atoms with Gasteiger partial charge in [-0.05, 0) is 74.5 Å². The zero-order chi connectivity index (χ0) is 22.8. The van der Waals surface area contributed by atoms with Crippen molar-refractivity contribution in [2.24, 2.45) is 29.6 Å². The van der Waals surface area contributed by atoms with Gasteiger partial charge in [-0.3, -0.25) is 0 Å². The molecule has 0 radical (unpaired) electrons. The molecular weight excluding hydrogens is 408 g/mol. The highest BCUT2D eigenvalue weighted by Gasteiger charge is 2.52. The van der Waals surface area contributed by atoms with Crippen molar-refractivity contribution in [2.75, 3.05) is 13.7 Å². The van der Waals surface area contributed by atoms with Crippen molar-refractivity contribution in [3.05, 3.63) is 29.3 Å². The van der Waals surface area contributed by atoms with E-state index in [2.05, 4.69) is 20.8 Å². The number of benzene rings is 1. The molecule has 2 aliphatic heterocycles. The van der Waals surface area contributed by atoms with Crippen LogP contribution in [0.25, 0.3) is 0 Å². The normalized spacial score (nSPS) is 36.8. The van der Waals surface area contributed by atoms with E-state index in [1.165, 1.54) is 26.4 Å². The molecule has 2 unspecified atom stereocenters. The van der Waals surface area contributed by atoms with Gasteiger partial charge < -0.3 is 24.1 Å². The van der Waals surface area contributed by atoms with Crippen molar-refractivity contribution in [3.63, 3.8) is 0 Å². The summed E-state index contributed by atoms with van der Waals surface area (Å²) in [7, 11) is 1.50. The third-order valence-corrected chi connectivity index (χ3v) is 8.02. The lowest BCUT2D eigenvalue weighted by Crippen LogP contribution is -2.53. The summed E-state index contributed by atoms with van der Waals surface area (Å²) >= 11 is 0. The second-order valence-corrected chi connectivity index (χ2v) is 10.0. The first-order chi connectivity index (χ1) is 15.4. The second-order valence-electron chi connectivity index (χ2n) is 10.0. The molecule has 1 N–H and O–H groups in total. The van der Waals surface area contributed by atoms with Crippen LogP contribution in [0.1, 0.15) is 68.8 Å². The van der Waals surface area contributed by atoms with Crippen LogP contribution in [0.2, 0.25) is 0 Å². The van der Waals surface area contributed by atoms with Crippen molar-refractivity contribution in [2.45, 2.75) is 78.0 Å². The highest BCUT2D eigenvalue weighted by atomic mass is 16.8. The van der Waals surface area contributed by atoms with Gasteiger partial charge in [-0.2, -0.15) is 0 Å². The lowest BCUT2D eigenvalue weighted by molar-refractivity contribution is -0.334. The molecule has 6 heteroatoms. The summed E-state index contributed by atoms with van der Waals surface area (Å²) in [5.41, 5.74) is 1.22. The monoisotopic (exact) mass is 446 g/mol. The number of carbonyl (C=O) groups is 1. The first-order valence-electron chi connectivity index (χ1n) is 12.2. The number of aromatic carboxylic acids is 1. The molecule has 4 rings (SSSR count). The average molecular weight is 447 g/mol. The Hall–Kier alpha value is -1.63. The zero-order valence-corrected chi connectivity index (χ0v) is 19.8. The van der Waals surface area contributed by atoms with Crippen molar-refractivity contribution >= 4 is 5.97 Å². The van der Waals surface area contributed by atoms with Gasteiger partial charge >= 0.3 is 5.97 Å². The van der Waals surface area contributed by atoms with E-state index in [1.54, 1.807) is 12.1 Å². The molecule has 178 valence electrons. The Morgan fingerprint density at radius 2 is 1.88 bits per heavy atom. The van der Waals surface area contributed by atoms with Gasteiger partial charge in [-0.15, -0.1) is 0 Å². The number of rotatable bonds is 7. The molecular formula is C26H38O6. The maximum absolute atomic E-state index is 11.3. The highest BCUT2D eigenvalue weighted by molar-refractivity contribution is 5.90. The molecule has 0 amide bonds. The summed E-state index contributed by atoms with van der Waals surface area (Å²) in [6.45, 7) is 7.44. The number of ether oxygens (including phenoxy) is 4. The van der Waals surface area contributed by atoms with Gasteiger partial charge in [0.2, 0.25) is 0 Å². The van der Waals surface area contributed by atoms with Crippen LogP contribution in [0, 0.1) is 29.6 Å². The topological polar surface area (TPSA) is 74.2 Å². The van der Waals surface area contributed by atoms with Crippen molar-refractivity contribution < 1.29 is 28.8 Å². The first kappa shape index (κ1) is 23.5. The predicted molar refractivity (Wildman–Crippen MR) is 121 cm³/mol. The second kappa shape index (κ2) is 10.1. The fourth-order valence-corrected chi connectivity index (χ4v) is 6.18. The lowest BCUT2D eigenvalue weighted by atomic mass is 9.61. The molecule has 0 spiro atoms. The number of hydrogen-bond donors (Lipinski definition) is 1. The van der Waals surface area contributed by atoms with Gasteiger partial charge in [0.25, 0.3) is 0 Å². The Kier molecular flexibility index (Phi) is 7.43. The number of carboxylic acid groups (broad SMARTS) is 1. The molecule has 0 aromatic heterocycles. The smallest absolute Gasteiger partial charge is 0.339 e. The maximum atomic E-state index is 11.3. The molecule has 1 aliphatic carbocycles. The largest absolute Gasteiger partial charge is 0.496 e. The standard InChI is InChI=1S/C26H38O6/c1-15-7-10-20-17(3)25(32-26-23(20)19(15)11-8-16(2)31-26)30-13-5-6-18-9-12-21(24(27)28)22(14-18)29-4/h9,12,14-17,19-20,23,25-26H,5-8,10-11,13H2,1-4H3,(H,27,28)/t15-,16?,17-,19+,20+,23?,25-,26+/m1/s1. The van der Waals surface area contributed by atoms with Crippen LogP contribution < -0.4 is 4.74 Å². The predicted octanol–water partition coefficient (Wildman–Crippen LogP) is 5.14. The summed E-state index contributed by atoms with van der Waals surface area (Å²) in [6.07, 6.45) is 6.35. The maximum Gasteiger partial charge on any atom is 0.339 e. The Labute approximate surface area is 191 Å². The lowest BCUT2D eigenvalue weighted by Gasteiger charge is -2.51. The van der Waals surface area contributed by atoms with E-state index in [1.807, 2.05) is 6.07 Å². The minimum Gasteiger partial charge on any atom is -0.496 e. The van der Waals surface area contributed by atoms with Gasteiger partial charge in [0.1, 0.15) is 11.3 Å². The number of hydrogen-bond acceptors (Lipinski definition) is 5. The van der Waals surface area contributed by atoms with E-state index >= 15 is 0 Å². The van der Waals surface area contributed by atoms with Gasteiger partial charge in [0.05, 0.1) is 19.8 Å². The van der Waals surface area contributed by atoms with E-state index in [9.17, 15) is 9.90 Å². The van der Waals surface area contributed by atoms with Crippen LogP contribution in [0.15, 0.2) is 18.2 Å². The molecule has 8 atom stereocenters. The summed E-state index contributed by atoms with van der Waals surface area (Å²) < 4.78 is 24.3. The fourth-order valence-electron chi connectivity index (χ4n) is 6.18. The summed E-state index contributed by atoms with van der Waals surface area (Å²) in [5.74, 6) is 2.29.